The third-order valence-corrected chi connectivity index (χ3v) is 3.16. The lowest BCUT2D eigenvalue weighted by atomic mass is 10.2. The Morgan fingerprint density at radius 2 is 1.75 bits per heavy atom. The third kappa shape index (κ3) is 2.18. The normalized spacial score (nSPS) is 10.8. The van der Waals surface area contributed by atoms with Crippen molar-refractivity contribution in [2.24, 2.45) is 0 Å². The summed E-state index contributed by atoms with van der Waals surface area (Å²) in [4.78, 5) is 0. The predicted octanol–water partition coefficient (Wildman–Crippen LogP) is 4.80. The van der Waals surface area contributed by atoms with Crippen molar-refractivity contribution >= 4 is 43.5 Å². The van der Waals surface area contributed by atoms with Crippen LogP contribution < -0.4 is 0 Å². The van der Waals surface area contributed by atoms with Crippen molar-refractivity contribution in [2.45, 2.75) is 6.43 Å². The zero-order valence-corrected chi connectivity index (χ0v) is 9.55. The quantitative estimate of drug-likeness (QED) is 0.652. The Kier molecular flexibility index (Phi) is 3.49. The molecule has 12 heavy (non-hydrogen) atoms. The van der Waals surface area contributed by atoms with Crippen molar-refractivity contribution in [3.63, 3.8) is 0 Å². The summed E-state index contributed by atoms with van der Waals surface area (Å²) in [6, 6.07) is 2.74. The van der Waals surface area contributed by atoms with Gasteiger partial charge >= 0.3 is 0 Å². The number of rotatable bonds is 1. The molecular formula is C7H3Br2ClF2. The zero-order chi connectivity index (χ0) is 9.30. The largest absolute Gasteiger partial charge is 0.264 e. The first kappa shape index (κ1) is 10.4. The van der Waals surface area contributed by atoms with Crippen LogP contribution in [-0.4, -0.2) is 0 Å². The SMILES string of the molecule is FC(F)c1cc(Br)c(Cl)cc1Br. The average molecular weight is 320 g/mol. The van der Waals surface area contributed by atoms with Gasteiger partial charge in [0, 0.05) is 14.5 Å². The van der Waals surface area contributed by atoms with Gasteiger partial charge in [0.2, 0.25) is 0 Å². The minimum atomic E-state index is -2.49. The summed E-state index contributed by atoms with van der Waals surface area (Å²) in [6.07, 6.45) is -2.49. The van der Waals surface area contributed by atoms with E-state index in [4.69, 9.17) is 11.6 Å². The van der Waals surface area contributed by atoms with Gasteiger partial charge in [0.15, 0.2) is 0 Å². The Bertz CT molecular complexity index is 302. The van der Waals surface area contributed by atoms with Crippen LogP contribution in [0.2, 0.25) is 5.02 Å². The molecule has 0 aromatic heterocycles. The van der Waals surface area contributed by atoms with E-state index < -0.39 is 6.43 Å². The molecule has 0 aliphatic rings. The fraction of sp³-hybridized carbons (Fsp3) is 0.143. The molecule has 1 aromatic rings. The van der Waals surface area contributed by atoms with Gasteiger partial charge in [0.05, 0.1) is 5.02 Å². The first-order chi connectivity index (χ1) is 5.52. The van der Waals surface area contributed by atoms with Crippen LogP contribution in [0.3, 0.4) is 0 Å². The molecule has 0 fully saturated rings. The van der Waals surface area contributed by atoms with Crippen molar-refractivity contribution in [2.75, 3.05) is 0 Å². The number of alkyl halides is 2. The van der Waals surface area contributed by atoms with E-state index in [1.165, 1.54) is 12.1 Å². The van der Waals surface area contributed by atoms with Crippen LogP contribution in [0.1, 0.15) is 12.0 Å². The van der Waals surface area contributed by atoms with Crippen LogP contribution in [0.5, 0.6) is 0 Å². The molecule has 0 nitrogen and oxygen atoms in total. The summed E-state index contributed by atoms with van der Waals surface area (Å²) in [6.45, 7) is 0. The van der Waals surface area contributed by atoms with E-state index in [0.717, 1.165) is 0 Å². The smallest absolute Gasteiger partial charge is 0.205 e. The topological polar surface area (TPSA) is 0 Å². The minimum Gasteiger partial charge on any atom is -0.205 e. The third-order valence-electron chi connectivity index (χ3n) is 1.27. The molecule has 0 saturated carbocycles. The molecule has 0 amide bonds. The summed E-state index contributed by atoms with van der Waals surface area (Å²) in [5, 5.41) is 0.409. The molecule has 0 atom stereocenters. The molecular weight excluding hydrogens is 317 g/mol. The Morgan fingerprint density at radius 3 is 2.25 bits per heavy atom. The summed E-state index contributed by atoms with van der Waals surface area (Å²) >= 11 is 11.7. The molecule has 0 bridgehead atoms. The monoisotopic (exact) mass is 318 g/mol. The van der Waals surface area contributed by atoms with Gasteiger partial charge in [-0.1, -0.05) is 27.5 Å². The summed E-state index contributed by atoms with van der Waals surface area (Å²) < 4.78 is 25.3. The van der Waals surface area contributed by atoms with Crippen molar-refractivity contribution in [1.29, 1.82) is 0 Å². The Labute approximate surface area is 90.2 Å². The number of hydrogen-bond acceptors (Lipinski definition) is 0. The molecule has 0 saturated heterocycles. The number of halogens is 5. The molecule has 5 heteroatoms. The highest BCUT2D eigenvalue weighted by Crippen LogP contribution is 2.34. The Balaban J connectivity index is 3.23. The van der Waals surface area contributed by atoms with Crippen molar-refractivity contribution in [1.82, 2.24) is 0 Å². The van der Waals surface area contributed by atoms with Crippen LogP contribution in [0.15, 0.2) is 21.1 Å². The molecule has 0 heterocycles. The predicted molar refractivity (Wildman–Crippen MR) is 51.8 cm³/mol. The van der Waals surface area contributed by atoms with Gasteiger partial charge in [-0.05, 0) is 28.1 Å². The first-order valence-electron chi connectivity index (χ1n) is 2.95. The molecule has 1 rings (SSSR count). The fourth-order valence-electron chi connectivity index (χ4n) is 0.705. The first-order valence-corrected chi connectivity index (χ1v) is 4.91. The molecule has 0 unspecified atom stereocenters. The highest BCUT2D eigenvalue weighted by Gasteiger charge is 2.13. The molecule has 0 aliphatic heterocycles. The highest BCUT2D eigenvalue weighted by atomic mass is 79.9. The molecule has 66 valence electrons. The summed E-state index contributed by atoms with van der Waals surface area (Å²) in [7, 11) is 0. The van der Waals surface area contributed by atoms with Crippen LogP contribution >= 0.6 is 43.5 Å². The summed E-state index contributed by atoms with van der Waals surface area (Å²) in [5.41, 5.74) is -0.0636. The second-order valence-electron chi connectivity index (χ2n) is 2.09. The van der Waals surface area contributed by atoms with E-state index in [1.54, 1.807) is 0 Å². The van der Waals surface area contributed by atoms with E-state index >= 15 is 0 Å². The van der Waals surface area contributed by atoms with Gasteiger partial charge in [-0.3, -0.25) is 0 Å². The molecule has 0 aliphatic carbocycles. The van der Waals surface area contributed by atoms with E-state index in [9.17, 15) is 8.78 Å². The maximum Gasteiger partial charge on any atom is 0.264 e. The van der Waals surface area contributed by atoms with Crippen molar-refractivity contribution in [3.8, 4) is 0 Å². The lowest BCUT2D eigenvalue weighted by Crippen LogP contribution is -1.86. The van der Waals surface area contributed by atoms with Crippen molar-refractivity contribution < 1.29 is 8.78 Å². The van der Waals surface area contributed by atoms with Gasteiger partial charge in [0.1, 0.15) is 0 Å². The molecule has 0 spiro atoms. The lowest BCUT2D eigenvalue weighted by molar-refractivity contribution is 0.150. The van der Waals surface area contributed by atoms with Crippen LogP contribution in [0, 0.1) is 0 Å². The van der Waals surface area contributed by atoms with Gasteiger partial charge in [-0.2, -0.15) is 0 Å². The van der Waals surface area contributed by atoms with Crippen LogP contribution in [-0.2, 0) is 0 Å². The van der Waals surface area contributed by atoms with E-state index in [2.05, 4.69) is 31.9 Å². The zero-order valence-electron chi connectivity index (χ0n) is 5.62. The average Bonchev–Trinajstić information content (AvgIpc) is 1.96. The van der Waals surface area contributed by atoms with Gasteiger partial charge in [0.25, 0.3) is 6.43 Å². The van der Waals surface area contributed by atoms with Gasteiger partial charge in [-0.25, -0.2) is 8.78 Å². The molecule has 0 N–H and O–H groups in total. The van der Waals surface area contributed by atoms with E-state index in [0.29, 0.717) is 14.0 Å². The van der Waals surface area contributed by atoms with Gasteiger partial charge in [-0.15, -0.1) is 0 Å². The van der Waals surface area contributed by atoms with Crippen LogP contribution in [0.25, 0.3) is 0 Å². The highest BCUT2D eigenvalue weighted by molar-refractivity contribution is 9.11. The standard InChI is InChI=1S/C7H3Br2ClF2/c8-4-2-6(10)5(9)1-3(4)7(11)12/h1-2,7H. The molecule has 0 radical (unpaired) electrons. The fourth-order valence-corrected chi connectivity index (χ4v) is 1.88. The lowest BCUT2D eigenvalue weighted by Gasteiger charge is -2.04. The number of hydrogen-bond donors (Lipinski definition) is 0. The maximum absolute atomic E-state index is 12.2. The van der Waals surface area contributed by atoms with Crippen molar-refractivity contribution in [3.05, 3.63) is 31.7 Å². The Morgan fingerprint density at radius 1 is 1.17 bits per heavy atom. The minimum absolute atomic E-state index is 0.0636. The van der Waals surface area contributed by atoms with Crippen LogP contribution in [0.4, 0.5) is 8.78 Å². The maximum atomic E-state index is 12.2. The second-order valence-corrected chi connectivity index (χ2v) is 4.20. The van der Waals surface area contributed by atoms with E-state index in [1.807, 2.05) is 0 Å². The second kappa shape index (κ2) is 4.03. The summed E-state index contributed by atoms with van der Waals surface area (Å²) in [5.74, 6) is 0. The van der Waals surface area contributed by atoms with E-state index in [-0.39, 0.29) is 5.56 Å². The number of benzene rings is 1. The molecule has 1 aromatic carbocycles. The Hall–Kier alpha value is 0.330. The van der Waals surface area contributed by atoms with Gasteiger partial charge < -0.3 is 0 Å².